The summed E-state index contributed by atoms with van der Waals surface area (Å²) in [7, 11) is 0. The van der Waals surface area contributed by atoms with Crippen LogP contribution in [0, 0.1) is 5.92 Å². The van der Waals surface area contributed by atoms with Crippen LogP contribution in [0.1, 0.15) is 65.4 Å². The molecule has 1 aromatic rings. The van der Waals surface area contributed by atoms with E-state index >= 15 is 0 Å². The molecule has 0 spiro atoms. The number of pyridine rings is 1. The van der Waals surface area contributed by atoms with Gasteiger partial charge in [0.05, 0.1) is 0 Å². The molecule has 3 nitrogen and oxygen atoms in total. The summed E-state index contributed by atoms with van der Waals surface area (Å²) in [5, 5.41) is 3.50. The SMILES string of the molecule is CCC1CCCC(Oc2cc(CNC(C)(C)C)ccn2)C1. The second-order valence-corrected chi connectivity index (χ2v) is 7.29. The van der Waals surface area contributed by atoms with Gasteiger partial charge in [-0.25, -0.2) is 4.98 Å². The van der Waals surface area contributed by atoms with Gasteiger partial charge in [0.25, 0.3) is 0 Å². The van der Waals surface area contributed by atoms with Crippen molar-refractivity contribution >= 4 is 0 Å². The number of nitrogens with one attached hydrogen (secondary N) is 1. The zero-order valence-electron chi connectivity index (χ0n) is 14.0. The molecule has 1 aliphatic rings. The number of hydrogen-bond donors (Lipinski definition) is 1. The van der Waals surface area contributed by atoms with Gasteiger partial charge in [-0.05, 0) is 57.6 Å². The largest absolute Gasteiger partial charge is 0.474 e. The minimum Gasteiger partial charge on any atom is -0.474 e. The first-order valence-electron chi connectivity index (χ1n) is 8.33. The molecule has 0 bridgehead atoms. The molecule has 1 saturated carbocycles. The molecular weight excluding hydrogens is 260 g/mol. The van der Waals surface area contributed by atoms with Gasteiger partial charge in [0.1, 0.15) is 6.10 Å². The fourth-order valence-electron chi connectivity index (χ4n) is 2.88. The maximum Gasteiger partial charge on any atom is 0.213 e. The topological polar surface area (TPSA) is 34.1 Å². The van der Waals surface area contributed by atoms with Gasteiger partial charge in [-0.15, -0.1) is 0 Å². The van der Waals surface area contributed by atoms with Crippen molar-refractivity contribution in [1.82, 2.24) is 10.3 Å². The van der Waals surface area contributed by atoms with Crippen LogP contribution in [0.2, 0.25) is 0 Å². The van der Waals surface area contributed by atoms with Gasteiger partial charge in [0.2, 0.25) is 5.88 Å². The van der Waals surface area contributed by atoms with Crippen molar-refractivity contribution in [2.75, 3.05) is 0 Å². The van der Waals surface area contributed by atoms with Crippen molar-refractivity contribution in [3.05, 3.63) is 23.9 Å². The number of hydrogen-bond acceptors (Lipinski definition) is 3. The lowest BCUT2D eigenvalue weighted by molar-refractivity contribution is 0.117. The van der Waals surface area contributed by atoms with E-state index in [4.69, 9.17) is 4.74 Å². The Hall–Kier alpha value is -1.09. The van der Waals surface area contributed by atoms with E-state index in [2.05, 4.69) is 50.1 Å². The highest BCUT2D eigenvalue weighted by Crippen LogP contribution is 2.29. The van der Waals surface area contributed by atoms with E-state index in [0.717, 1.165) is 18.3 Å². The standard InChI is InChI=1S/C18H30N2O/c1-5-14-7-6-8-16(11-14)21-17-12-15(9-10-19-17)13-20-18(2,3)4/h9-10,12,14,16,20H,5-8,11,13H2,1-4H3. The molecule has 2 unspecified atom stereocenters. The average Bonchev–Trinajstić information content (AvgIpc) is 2.45. The van der Waals surface area contributed by atoms with Gasteiger partial charge in [-0.1, -0.05) is 19.8 Å². The van der Waals surface area contributed by atoms with Crippen LogP contribution in [0.3, 0.4) is 0 Å². The first-order valence-corrected chi connectivity index (χ1v) is 8.33. The van der Waals surface area contributed by atoms with Crippen LogP contribution in [-0.4, -0.2) is 16.6 Å². The fraction of sp³-hybridized carbons (Fsp3) is 0.722. The molecule has 0 aliphatic heterocycles. The second kappa shape index (κ2) is 7.26. The van der Waals surface area contributed by atoms with Gasteiger partial charge in [-0.2, -0.15) is 0 Å². The smallest absolute Gasteiger partial charge is 0.213 e. The molecule has 0 amide bonds. The predicted molar refractivity (Wildman–Crippen MR) is 87.5 cm³/mol. The third-order valence-electron chi connectivity index (χ3n) is 4.22. The minimum atomic E-state index is 0.127. The highest BCUT2D eigenvalue weighted by Gasteiger charge is 2.22. The molecule has 1 aliphatic carbocycles. The van der Waals surface area contributed by atoms with E-state index in [1.165, 1.54) is 37.7 Å². The molecule has 118 valence electrons. The predicted octanol–water partition coefficient (Wildman–Crippen LogP) is 4.32. The van der Waals surface area contributed by atoms with E-state index in [1.54, 1.807) is 0 Å². The molecule has 1 aromatic heterocycles. The van der Waals surface area contributed by atoms with Crippen LogP contribution < -0.4 is 10.1 Å². The number of nitrogens with zero attached hydrogens (tertiary/aromatic N) is 1. The van der Waals surface area contributed by atoms with Gasteiger partial charge in [0, 0.05) is 24.3 Å². The summed E-state index contributed by atoms with van der Waals surface area (Å²) in [6.45, 7) is 9.67. The molecule has 2 rings (SSSR count). The molecule has 0 saturated heterocycles. The van der Waals surface area contributed by atoms with Crippen molar-refractivity contribution < 1.29 is 4.74 Å². The van der Waals surface area contributed by atoms with Gasteiger partial charge in [-0.3, -0.25) is 0 Å². The molecule has 3 heteroatoms. The van der Waals surface area contributed by atoms with Crippen molar-refractivity contribution in [2.45, 2.75) is 78.0 Å². The van der Waals surface area contributed by atoms with E-state index in [1.807, 2.05) is 6.20 Å². The highest BCUT2D eigenvalue weighted by molar-refractivity contribution is 5.20. The first kappa shape index (κ1) is 16.3. The lowest BCUT2D eigenvalue weighted by Crippen LogP contribution is -2.35. The molecule has 0 radical (unpaired) electrons. The monoisotopic (exact) mass is 290 g/mol. The highest BCUT2D eigenvalue weighted by atomic mass is 16.5. The third-order valence-corrected chi connectivity index (χ3v) is 4.22. The maximum atomic E-state index is 6.12. The Labute approximate surface area is 129 Å². The van der Waals surface area contributed by atoms with Crippen LogP contribution in [0.5, 0.6) is 5.88 Å². The third kappa shape index (κ3) is 5.66. The van der Waals surface area contributed by atoms with Gasteiger partial charge < -0.3 is 10.1 Å². The fourth-order valence-corrected chi connectivity index (χ4v) is 2.88. The average molecular weight is 290 g/mol. The summed E-state index contributed by atoms with van der Waals surface area (Å²) in [5.74, 6) is 1.61. The minimum absolute atomic E-state index is 0.127. The number of aromatic nitrogens is 1. The summed E-state index contributed by atoms with van der Waals surface area (Å²) in [5.41, 5.74) is 1.36. The summed E-state index contributed by atoms with van der Waals surface area (Å²) in [6, 6.07) is 4.13. The number of ether oxygens (including phenoxy) is 1. The van der Waals surface area contributed by atoms with E-state index in [0.29, 0.717) is 6.10 Å². The van der Waals surface area contributed by atoms with Crippen molar-refractivity contribution in [1.29, 1.82) is 0 Å². The Bertz CT molecular complexity index is 439. The Morgan fingerprint density at radius 3 is 2.86 bits per heavy atom. The Morgan fingerprint density at radius 1 is 1.33 bits per heavy atom. The lowest BCUT2D eigenvalue weighted by atomic mass is 9.85. The first-order chi connectivity index (χ1) is 9.96. The quantitative estimate of drug-likeness (QED) is 0.877. The summed E-state index contributed by atoms with van der Waals surface area (Å²) in [6.07, 6.45) is 8.47. The molecule has 21 heavy (non-hydrogen) atoms. The summed E-state index contributed by atoms with van der Waals surface area (Å²) in [4.78, 5) is 4.38. The zero-order chi connectivity index (χ0) is 15.3. The molecule has 0 aromatic carbocycles. The maximum absolute atomic E-state index is 6.12. The van der Waals surface area contributed by atoms with E-state index < -0.39 is 0 Å². The van der Waals surface area contributed by atoms with E-state index in [9.17, 15) is 0 Å². The molecular formula is C18H30N2O. The van der Waals surface area contributed by atoms with E-state index in [-0.39, 0.29) is 5.54 Å². The Morgan fingerprint density at radius 2 is 2.14 bits per heavy atom. The normalized spacial score (nSPS) is 23.0. The van der Waals surface area contributed by atoms with Gasteiger partial charge >= 0.3 is 0 Å². The molecule has 2 atom stereocenters. The second-order valence-electron chi connectivity index (χ2n) is 7.29. The molecule has 1 fully saturated rings. The van der Waals surface area contributed by atoms with Crippen LogP contribution >= 0.6 is 0 Å². The Balaban J connectivity index is 1.91. The summed E-state index contributed by atoms with van der Waals surface area (Å²) < 4.78 is 6.12. The van der Waals surface area contributed by atoms with Crippen molar-refractivity contribution in [3.8, 4) is 5.88 Å². The van der Waals surface area contributed by atoms with Crippen LogP contribution in [0.4, 0.5) is 0 Å². The van der Waals surface area contributed by atoms with Crippen molar-refractivity contribution in [3.63, 3.8) is 0 Å². The van der Waals surface area contributed by atoms with Crippen molar-refractivity contribution in [2.24, 2.45) is 5.92 Å². The Kier molecular flexibility index (Phi) is 5.63. The number of rotatable bonds is 5. The molecule has 1 heterocycles. The zero-order valence-corrected chi connectivity index (χ0v) is 14.0. The van der Waals surface area contributed by atoms with Crippen LogP contribution in [-0.2, 0) is 6.54 Å². The lowest BCUT2D eigenvalue weighted by Gasteiger charge is -2.28. The summed E-state index contributed by atoms with van der Waals surface area (Å²) >= 11 is 0. The molecule has 1 N–H and O–H groups in total. The van der Waals surface area contributed by atoms with Crippen LogP contribution in [0.25, 0.3) is 0 Å². The van der Waals surface area contributed by atoms with Crippen LogP contribution in [0.15, 0.2) is 18.3 Å². The van der Waals surface area contributed by atoms with Gasteiger partial charge in [0.15, 0.2) is 0 Å².